The maximum atomic E-state index is 5.41. The lowest BCUT2D eigenvalue weighted by Crippen LogP contribution is -1.85. The number of rotatable bonds is 6. The molecular weight excluding hydrogens is 364 g/mol. The van der Waals surface area contributed by atoms with Crippen molar-refractivity contribution in [3.05, 3.63) is 125 Å². The van der Waals surface area contributed by atoms with Gasteiger partial charge in [-0.25, -0.2) is 0 Å². The maximum absolute atomic E-state index is 5.41. The summed E-state index contributed by atoms with van der Waals surface area (Å²) in [5.41, 5.74) is 7.06. The number of hydrogen-bond donors (Lipinski definition) is 0. The van der Waals surface area contributed by atoms with Gasteiger partial charge in [-0.3, -0.25) is 0 Å². The molecule has 4 rings (SSSR count). The quantitative estimate of drug-likeness (QED) is 0.307. The Morgan fingerprint density at radius 3 is 1.50 bits per heavy atom. The highest BCUT2D eigenvalue weighted by molar-refractivity contribution is 5.75. The molecule has 0 saturated heterocycles. The van der Waals surface area contributed by atoms with Gasteiger partial charge in [0.15, 0.2) is 0 Å². The van der Waals surface area contributed by atoms with Crippen molar-refractivity contribution in [1.82, 2.24) is 0 Å². The standard InChI is InChI=1S/C29H24O/c1-30-29-10-6-5-9-28(29)22-17-25-15-20-27(21-16-25)26-18-13-24(14-19-26)12-11-23-7-3-2-4-8-23/h2-22H,1H3/b12-11+,22-17+. The zero-order valence-electron chi connectivity index (χ0n) is 17.0. The molecule has 4 aromatic carbocycles. The van der Waals surface area contributed by atoms with Crippen molar-refractivity contribution >= 4 is 24.3 Å². The highest BCUT2D eigenvalue weighted by Gasteiger charge is 1.99. The van der Waals surface area contributed by atoms with Crippen LogP contribution < -0.4 is 4.74 Å². The minimum Gasteiger partial charge on any atom is -0.496 e. The fourth-order valence-corrected chi connectivity index (χ4v) is 3.32. The Balaban J connectivity index is 1.45. The van der Waals surface area contributed by atoms with Gasteiger partial charge in [-0.2, -0.15) is 0 Å². The molecule has 1 nitrogen and oxygen atoms in total. The number of hydrogen-bond acceptors (Lipinski definition) is 1. The number of ether oxygens (including phenoxy) is 1. The van der Waals surface area contributed by atoms with E-state index >= 15 is 0 Å². The van der Waals surface area contributed by atoms with Crippen LogP contribution in [-0.2, 0) is 0 Å². The van der Waals surface area contributed by atoms with E-state index < -0.39 is 0 Å². The molecule has 0 aromatic heterocycles. The summed E-state index contributed by atoms with van der Waals surface area (Å²) < 4.78 is 5.41. The van der Waals surface area contributed by atoms with Gasteiger partial charge in [0.1, 0.15) is 5.75 Å². The van der Waals surface area contributed by atoms with Gasteiger partial charge in [0.2, 0.25) is 0 Å². The molecule has 0 N–H and O–H groups in total. The molecule has 146 valence electrons. The largest absolute Gasteiger partial charge is 0.496 e. The average molecular weight is 389 g/mol. The van der Waals surface area contributed by atoms with E-state index in [1.54, 1.807) is 7.11 Å². The first-order valence-corrected chi connectivity index (χ1v) is 10.1. The molecule has 0 atom stereocenters. The van der Waals surface area contributed by atoms with E-state index in [2.05, 4.69) is 103 Å². The van der Waals surface area contributed by atoms with E-state index in [1.165, 1.54) is 22.3 Å². The van der Waals surface area contributed by atoms with Crippen LogP contribution in [0, 0.1) is 0 Å². The van der Waals surface area contributed by atoms with Gasteiger partial charge < -0.3 is 4.74 Å². The Kier molecular flexibility index (Phi) is 6.22. The topological polar surface area (TPSA) is 9.23 Å². The molecule has 0 aliphatic carbocycles. The first-order chi connectivity index (χ1) is 14.8. The van der Waals surface area contributed by atoms with Crippen LogP contribution in [0.2, 0.25) is 0 Å². The second kappa shape index (κ2) is 9.58. The summed E-state index contributed by atoms with van der Waals surface area (Å²) in [4.78, 5) is 0. The molecule has 0 unspecified atom stereocenters. The van der Waals surface area contributed by atoms with Crippen LogP contribution in [0.15, 0.2) is 103 Å². The summed E-state index contributed by atoms with van der Waals surface area (Å²) >= 11 is 0. The molecule has 0 aliphatic rings. The molecular formula is C29H24O. The van der Waals surface area contributed by atoms with Gasteiger partial charge in [-0.05, 0) is 33.9 Å². The number of benzene rings is 4. The van der Waals surface area contributed by atoms with Crippen molar-refractivity contribution < 1.29 is 4.74 Å². The van der Waals surface area contributed by atoms with Crippen LogP contribution in [0.3, 0.4) is 0 Å². The van der Waals surface area contributed by atoms with E-state index in [4.69, 9.17) is 4.74 Å². The third-order valence-corrected chi connectivity index (χ3v) is 5.02. The molecule has 0 aliphatic heterocycles. The monoisotopic (exact) mass is 388 g/mol. The van der Waals surface area contributed by atoms with Gasteiger partial charge in [-0.15, -0.1) is 0 Å². The maximum Gasteiger partial charge on any atom is 0.126 e. The Hall–Kier alpha value is -3.84. The van der Waals surface area contributed by atoms with Crippen LogP contribution in [0.4, 0.5) is 0 Å². The normalized spacial score (nSPS) is 11.2. The highest BCUT2D eigenvalue weighted by atomic mass is 16.5. The van der Waals surface area contributed by atoms with Crippen molar-refractivity contribution in [2.45, 2.75) is 0 Å². The van der Waals surface area contributed by atoms with Gasteiger partial charge >= 0.3 is 0 Å². The molecule has 4 aromatic rings. The lowest BCUT2D eigenvalue weighted by Gasteiger charge is -2.05. The fraction of sp³-hybridized carbons (Fsp3) is 0.0345. The van der Waals surface area contributed by atoms with E-state index in [9.17, 15) is 0 Å². The third kappa shape index (κ3) is 4.95. The number of para-hydroxylation sites is 1. The average Bonchev–Trinajstić information content (AvgIpc) is 2.83. The van der Waals surface area contributed by atoms with Gasteiger partial charge in [0.05, 0.1) is 7.11 Å². The van der Waals surface area contributed by atoms with Gasteiger partial charge in [0.25, 0.3) is 0 Å². The summed E-state index contributed by atoms with van der Waals surface area (Å²) in [5, 5.41) is 0. The van der Waals surface area contributed by atoms with Gasteiger partial charge in [0, 0.05) is 5.56 Å². The Morgan fingerprint density at radius 2 is 0.933 bits per heavy atom. The van der Waals surface area contributed by atoms with Crippen LogP contribution in [0.1, 0.15) is 22.3 Å². The van der Waals surface area contributed by atoms with E-state index in [1.807, 2.05) is 24.3 Å². The van der Waals surface area contributed by atoms with Crippen molar-refractivity contribution in [2.24, 2.45) is 0 Å². The van der Waals surface area contributed by atoms with Crippen LogP contribution >= 0.6 is 0 Å². The zero-order chi connectivity index (χ0) is 20.6. The van der Waals surface area contributed by atoms with Crippen molar-refractivity contribution in [3.63, 3.8) is 0 Å². The highest BCUT2D eigenvalue weighted by Crippen LogP contribution is 2.23. The SMILES string of the molecule is COc1ccccc1/C=C/c1ccc(-c2ccc(/C=C/c3ccccc3)cc2)cc1. The molecule has 0 spiro atoms. The fourth-order valence-electron chi connectivity index (χ4n) is 3.32. The predicted molar refractivity (Wildman–Crippen MR) is 129 cm³/mol. The third-order valence-electron chi connectivity index (χ3n) is 5.02. The predicted octanol–water partition coefficient (Wildman–Crippen LogP) is 7.70. The summed E-state index contributed by atoms with van der Waals surface area (Å²) in [5.74, 6) is 0.881. The molecule has 0 saturated carbocycles. The minimum absolute atomic E-state index is 0.881. The molecule has 0 amide bonds. The molecule has 0 radical (unpaired) electrons. The molecule has 0 heterocycles. The van der Waals surface area contributed by atoms with Gasteiger partial charge in [-0.1, -0.05) is 121 Å². The summed E-state index contributed by atoms with van der Waals surface area (Å²) in [7, 11) is 1.70. The smallest absolute Gasteiger partial charge is 0.126 e. The zero-order valence-corrected chi connectivity index (χ0v) is 17.0. The summed E-state index contributed by atoms with van der Waals surface area (Å²) in [6, 6.07) is 35.6. The van der Waals surface area contributed by atoms with Crippen molar-refractivity contribution in [2.75, 3.05) is 7.11 Å². The van der Waals surface area contributed by atoms with Crippen molar-refractivity contribution in [1.29, 1.82) is 0 Å². The lowest BCUT2D eigenvalue weighted by atomic mass is 10.0. The summed E-state index contributed by atoms with van der Waals surface area (Å²) in [6.07, 6.45) is 8.48. The summed E-state index contributed by atoms with van der Waals surface area (Å²) in [6.45, 7) is 0. The van der Waals surface area contributed by atoms with E-state index in [0.717, 1.165) is 16.9 Å². The Labute approximate surface area is 178 Å². The van der Waals surface area contributed by atoms with E-state index in [0.29, 0.717) is 0 Å². The van der Waals surface area contributed by atoms with Crippen LogP contribution in [0.5, 0.6) is 5.75 Å². The van der Waals surface area contributed by atoms with Crippen LogP contribution in [0.25, 0.3) is 35.4 Å². The van der Waals surface area contributed by atoms with Crippen LogP contribution in [-0.4, -0.2) is 7.11 Å². The molecule has 0 fully saturated rings. The molecule has 30 heavy (non-hydrogen) atoms. The van der Waals surface area contributed by atoms with Crippen molar-refractivity contribution in [3.8, 4) is 16.9 Å². The van der Waals surface area contributed by atoms with E-state index in [-0.39, 0.29) is 0 Å². The Morgan fingerprint density at radius 1 is 0.467 bits per heavy atom. The second-order valence-electron chi connectivity index (χ2n) is 7.06. The second-order valence-corrected chi connectivity index (χ2v) is 7.06. The minimum atomic E-state index is 0.881. The first-order valence-electron chi connectivity index (χ1n) is 10.1. The lowest BCUT2D eigenvalue weighted by molar-refractivity contribution is 0.414. The Bertz CT molecular complexity index is 1140. The first kappa shape index (κ1) is 19.5. The molecule has 0 bridgehead atoms. The number of methoxy groups -OCH3 is 1. The molecule has 1 heteroatoms.